The highest BCUT2D eigenvalue weighted by molar-refractivity contribution is 5.94. The van der Waals surface area contributed by atoms with Crippen molar-refractivity contribution in [3.63, 3.8) is 0 Å². The van der Waals surface area contributed by atoms with E-state index in [1.165, 1.54) is 7.11 Å². The molecule has 1 aliphatic rings. The zero-order valence-electron chi connectivity index (χ0n) is 14.5. The number of carbonyl (C=O) groups excluding carboxylic acids is 2. The molecular weight excluding hydrogens is 320 g/mol. The molecule has 0 bridgehead atoms. The van der Waals surface area contributed by atoms with Crippen LogP contribution < -0.4 is 0 Å². The molecule has 2 heterocycles. The molecule has 1 fully saturated rings. The molecule has 0 aliphatic carbocycles. The fourth-order valence-corrected chi connectivity index (χ4v) is 3.01. The molecule has 0 N–H and O–H groups in total. The SMILES string of the molecule is COC(=O)c1oc(CN2CCN(C(=O)c3ccccc3)CC2)cc1C. The zero-order valence-corrected chi connectivity index (χ0v) is 14.5. The molecule has 132 valence electrons. The van der Waals surface area contributed by atoms with E-state index in [1.807, 2.05) is 48.2 Å². The van der Waals surface area contributed by atoms with Gasteiger partial charge in [-0.05, 0) is 25.1 Å². The predicted octanol–water partition coefficient (Wildman–Crippen LogP) is 2.33. The molecule has 1 saturated heterocycles. The number of ether oxygens (including phenoxy) is 1. The summed E-state index contributed by atoms with van der Waals surface area (Å²) in [6.45, 7) is 5.34. The predicted molar refractivity (Wildman–Crippen MR) is 92.4 cm³/mol. The average molecular weight is 342 g/mol. The van der Waals surface area contributed by atoms with E-state index in [4.69, 9.17) is 9.15 Å². The van der Waals surface area contributed by atoms with Gasteiger partial charge in [0, 0.05) is 37.3 Å². The van der Waals surface area contributed by atoms with Crippen LogP contribution in [0.3, 0.4) is 0 Å². The quantitative estimate of drug-likeness (QED) is 0.798. The van der Waals surface area contributed by atoms with Crippen LogP contribution in [0, 0.1) is 6.92 Å². The molecule has 0 spiro atoms. The van der Waals surface area contributed by atoms with Gasteiger partial charge in [-0.15, -0.1) is 0 Å². The largest absolute Gasteiger partial charge is 0.463 e. The first-order valence-corrected chi connectivity index (χ1v) is 8.33. The van der Waals surface area contributed by atoms with Crippen LogP contribution >= 0.6 is 0 Å². The molecule has 0 unspecified atom stereocenters. The lowest BCUT2D eigenvalue weighted by Crippen LogP contribution is -2.48. The summed E-state index contributed by atoms with van der Waals surface area (Å²) in [5, 5.41) is 0. The first-order valence-electron chi connectivity index (χ1n) is 8.33. The monoisotopic (exact) mass is 342 g/mol. The minimum atomic E-state index is -0.456. The standard InChI is InChI=1S/C19H22N2O4/c1-14-12-16(25-17(14)19(23)24-2)13-20-8-10-21(11-9-20)18(22)15-6-4-3-5-7-15/h3-7,12H,8-11,13H2,1-2H3. The van der Waals surface area contributed by atoms with Gasteiger partial charge in [-0.1, -0.05) is 18.2 Å². The lowest BCUT2D eigenvalue weighted by molar-refractivity contribution is 0.0548. The lowest BCUT2D eigenvalue weighted by Gasteiger charge is -2.34. The van der Waals surface area contributed by atoms with Crippen LogP contribution in [-0.2, 0) is 11.3 Å². The second kappa shape index (κ2) is 7.53. The van der Waals surface area contributed by atoms with E-state index < -0.39 is 5.97 Å². The third-order valence-corrected chi connectivity index (χ3v) is 4.40. The zero-order chi connectivity index (χ0) is 17.8. The van der Waals surface area contributed by atoms with Gasteiger partial charge in [0.05, 0.1) is 13.7 Å². The van der Waals surface area contributed by atoms with Gasteiger partial charge < -0.3 is 14.1 Å². The second-order valence-corrected chi connectivity index (χ2v) is 6.15. The van der Waals surface area contributed by atoms with Gasteiger partial charge in [0.25, 0.3) is 5.91 Å². The number of esters is 1. The molecule has 1 aromatic carbocycles. The van der Waals surface area contributed by atoms with Crippen LogP contribution in [0.5, 0.6) is 0 Å². The molecular formula is C19H22N2O4. The van der Waals surface area contributed by atoms with E-state index >= 15 is 0 Å². The van der Waals surface area contributed by atoms with Crippen molar-refractivity contribution in [2.24, 2.45) is 0 Å². The number of furan rings is 1. The maximum Gasteiger partial charge on any atom is 0.374 e. The van der Waals surface area contributed by atoms with Gasteiger partial charge in [0.15, 0.2) is 0 Å². The van der Waals surface area contributed by atoms with Crippen molar-refractivity contribution < 1.29 is 18.7 Å². The van der Waals surface area contributed by atoms with Crippen molar-refractivity contribution in [2.45, 2.75) is 13.5 Å². The van der Waals surface area contributed by atoms with Crippen LogP contribution in [-0.4, -0.2) is 55.0 Å². The Hall–Kier alpha value is -2.60. The molecule has 2 aromatic rings. The van der Waals surface area contributed by atoms with E-state index in [0.717, 1.165) is 30.0 Å². The van der Waals surface area contributed by atoms with Gasteiger partial charge >= 0.3 is 5.97 Å². The molecule has 3 rings (SSSR count). The summed E-state index contributed by atoms with van der Waals surface area (Å²) in [5.74, 6) is 0.611. The second-order valence-electron chi connectivity index (χ2n) is 6.15. The molecule has 6 heteroatoms. The number of nitrogens with zero attached hydrogens (tertiary/aromatic N) is 2. The van der Waals surface area contributed by atoms with Crippen LogP contribution in [0.15, 0.2) is 40.8 Å². The van der Waals surface area contributed by atoms with Crippen LogP contribution in [0.25, 0.3) is 0 Å². The van der Waals surface area contributed by atoms with Crippen LogP contribution in [0.2, 0.25) is 0 Å². The van der Waals surface area contributed by atoms with E-state index in [0.29, 0.717) is 19.6 Å². The fraction of sp³-hybridized carbons (Fsp3) is 0.368. The smallest absolute Gasteiger partial charge is 0.374 e. The Morgan fingerprint density at radius 2 is 1.80 bits per heavy atom. The highest BCUT2D eigenvalue weighted by Crippen LogP contribution is 2.18. The summed E-state index contributed by atoms with van der Waals surface area (Å²) in [7, 11) is 1.34. The minimum Gasteiger partial charge on any atom is -0.463 e. The first-order chi connectivity index (χ1) is 12.1. The Bertz CT molecular complexity index is 746. The minimum absolute atomic E-state index is 0.0714. The van der Waals surface area contributed by atoms with E-state index in [1.54, 1.807) is 0 Å². The highest BCUT2D eigenvalue weighted by Gasteiger charge is 2.23. The average Bonchev–Trinajstić information content (AvgIpc) is 3.02. The Morgan fingerprint density at radius 1 is 1.12 bits per heavy atom. The van der Waals surface area contributed by atoms with Gasteiger partial charge in [0.1, 0.15) is 5.76 Å². The normalized spacial score (nSPS) is 15.2. The van der Waals surface area contributed by atoms with Gasteiger partial charge in [0.2, 0.25) is 5.76 Å². The fourth-order valence-electron chi connectivity index (χ4n) is 3.01. The van der Waals surface area contributed by atoms with E-state index in [9.17, 15) is 9.59 Å². The van der Waals surface area contributed by atoms with Crippen molar-refractivity contribution >= 4 is 11.9 Å². The van der Waals surface area contributed by atoms with Crippen LogP contribution in [0.1, 0.15) is 32.2 Å². The summed E-state index contributed by atoms with van der Waals surface area (Å²) < 4.78 is 10.3. The maximum absolute atomic E-state index is 12.5. The number of hydrogen-bond donors (Lipinski definition) is 0. The Kier molecular flexibility index (Phi) is 5.19. The topological polar surface area (TPSA) is 63.0 Å². The Morgan fingerprint density at radius 3 is 2.44 bits per heavy atom. The van der Waals surface area contributed by atoms with Gasteiger partial charge in [-0.2, -0.15) is 0 Å². The molecule has 1 aromatic heterocycles. The number of hydrogen-bond acceptors (Lipinski definition) is 5. The van der Waals surface area contributed by atoms with Crippen LogP contribution in [0.4, 0.5) is 0 Å². The number of aryl methyl sites for hydroxylation is 1. The third-order valence-electron chi connectivity index (χ3n) is 4.40. The number of carbonyl (C=O) groups is 2. The van der Waals surface area contributed by atoms with E-state index in [2.05, 4.69) is 4.90 Å². The maximum atomic E-state index is 12.5. The summed E-state index contributed by atoms with van der Waals surface area (Å²) in [6, 6.07) is 11.2. The summed E-state index contributed by atoms with van der Waals surface area (Å²) in [6.07, 6.45) is 0. The first kappa shape index (κ1) is 17.2. The van der Waals surface area contributed by atoms with E-state index in [-0.39, 0.29) is 11.7 Å². The van der Waals surface area contributed by atoms with Crippen molar-refractivity contribution in [1.82, 2.24) is 9.80 Å². The number of methoxy groups -OCH3 is 1. The van der Waals surface area contributed by atoms with Gasteiger partial charge in [-0.25, -0.2) is 4.79 Å². The Labute approximate surface area is 147 Å². The van der Waals surface area contributed by atoms with Crippen molar-refractivity contribution in [2.75, 3.05) is 33.3 Å². The van der Waals surface area contributed by atoms with Crippen molar-refractivity contribution in [3.8, 4) is 0 Å². The molecule has 0 radical (unpaired) electrons. The van der Waals surface area contributed by atoms with Crippen molar-refractivity contribution in [3.05, 3.63) is 59.0 Å². The van der Waals surface area contributed by atoms with Gasteiger partial charge in [-0.3, -0.25) is 9.69 Å². The number of benzene rings is 1. The number of piperazine rings is 1. The Balaban J connectivity index is 1.56. The number of rotatable bonds is 4. The number of amides is 1. The summed E-state index contributed by atoms with van der Waals surface area (Å²) in [4.78, 5) is 28.2. The third kappa shape index (κ3) is 3.91. The molecule has 25 heavy (non-hydrogen) atoms. The highest BCUT2D eigenvalue weighted by atomic mass is 16.5. The molecule has 1 amide bonds. The molecule has 0 saturated carbocycles. The summed E-state index contributed by atoms with van der Waals surface area (Å²) in [5.41, 5.74) is 1.50. The lowest BCUT2D eigenvalue weighted by atomic mass is 10.2. The molecule has 6 nitrogen and oxygen atoms in total. The summed E-state index contributed by atoms with van der Waals surface area (Å²) >= 11 is 0. The molecule has 1 aliphatic heterocycles. The molecule has 0 atom stereocenters. The van der Waals surface area contributed by atoms with Crippen molar-refractivity contribution in [1.29, 1.82) is 0 Å².